The van der Waals surface area contributed by atoms with E-state index in [4.69, 9.17) is 4.98 Å². The molecule has 2 aromatic rings. The fourth-order valence-electron chi connectivity index (χ4n) is 4.16. The molecule has 1 saturated heterocycles. The number of likely N-dealkylation sites (N-methyl/N-ethyl adjacent to an activating group) is 1. The zero-order valence-electron chi connectivity index (χ0n) is 16.8. The Kier molecular flexibility index (Phi) is 6.65. The second kappa shape index (κ2) is 8.80. The fraction of sp³-hybridized carbons (Fsp3) is 0.650. The monoisotopic (exact) mass is 435 g/mol. The number of hydrogen-bond donors (Lipinski definition) is 0. The molecule has 2 atom stereocenters. The van der Waals surface area contributed by atoms with Gasteiger partial charge < -0.3 is 4.90 Å². The Hall–Kier alpha value is -1.31. The van der Waals surface area contributed by atoms with Crippen LogP contribution in [0, 0.1) is 5.92 Å². The van der Waals surface area contributed by atoms with E-state index in [2.05, 4.69) is 51.6 Å². The molecule has 0 amide bonds. The Bertz CT molecular complexity index is 852. The van der Waals surface area contributed by atoms with E-state index < -0.39 is 0 Å². The van der Waals surface area contributed by atoms with Gasteiger partial charge in [-0.2, -0.15) is 0 Å². The van der Waals surface area contributed by atoms with Crippen molar-refractivity contribution < 1.29 is 0 Å². The van der Waals surface area contributed by atoms with Crippen LogP contribution in [-0.4, -0.2) is 57.6 Å². The minimum absolute atomic E-state index is 0.00684. The predicted octanol–water partition coefficient (Wildman–Crippen LogP) is 3.30. The normalized spacial score (nSPS) is 20.7. The van der Waals surface area contributed by atoms with Crippen LogP contribution in [0.5, 0.6) is 0 Å². The summed E-state index contributed by atoms with van der Waals surface area (Å²) in [4.78, 5) is 27.4. The number of pyridine rings is 1. The Balaban J connectivity index is 2.10. The molecular weight excluding hydrogens is 406 g/mol. The van der Waals surface area contributed by atoms with Crippen LogP contribution in [0.3, 0.4) is 0 Å². The molecule has 2 aromatic heterocycles. The molecule has 0 N–H and O–H groups in total. The lowest BCUT2D eigenvalue weighted by Crippen LogP contribution is -2.38. The van der Waals surface area contributed by atoms with Crippen LogP contribution < -0.4 is 5.56 Å². The van der Waals surface area contributed by atoms with Crippen LogP contribution in [0.4, 0.5) is 0 Å². The van der Waals surface area contributed by atoms with Crippen molar-refractivity contribution in [3.8, 4) is 0 Å². The Labute approximate surface area is 169 Å². The zero-order chi connectivity index (χ0) is 19.6. The van der Waals surface area contributed by atoms with Gasteiger partial charge >= 0.3 is 0 Å². The molecule has 0 aliphatic carbocycles. The lowest BCUT2D eigenvalue weighted by atomic mass is 10.1. The van der Waals surface area contributed by atoms with Gasteiger partial charge in [0.2, 0.25) is 0 Å². The molecule has 1 aliphatic heterocycles. The van der Waals surface area contributed by atoms with Crippen molar-refractivity contribution in [2.75, 3.05) is 33.2 Å². The zero-order valence-corrected chi connectivity index (χ0v) is 18.4. The summed E-state index contributed by atoms with van der Waals surface area (Å²) >= 11 is 3.42. The summed E-state index contributed by atoms with van der Waals surface area (Å²) in [5, 5.41) is 0.578. The lowest BCUT2D eigenvalue weighted by Gasteiger charge is -2.32. The number of fused-ring (bicyclic) bond motifs is 1. The summed E-state index contributed by atoms with van der Waals surface area (Å²) in [7, 11) is 2.19. The molecule has 0 unspecified atom stereocenters. The molecule has 0 aromatic carbocycles. The molecule has 148 valence electrons. The minimum atomic E-state index is 0.00684. The summed E-state index contributed by atoms with van der Waals surface area (Å²) in [6.45, 7) is 11.3. The third-order valence-electron chi connectivity index (χ3n) is 5.36. The maximum absolute atomic E-state index is 13.1. The first kappa shape index (κ1) is 20.4. The smallest absolute Gasteiger partial charge is 0.263 e. The van der Waals surface area contributed by atoms with Crippen LogP contribution in [0.25, 0.3) is 11.0 Å². The molecule has 0 radical (unpaired) electrons. The summed E-state index contributed by atoms with van der Waals surface area (Å²) < 4.78 is 2.65. The number of rotatable bonds is 5. The summed E-state index contributed by atoms with van der Waals surface area (Å²) in [6.07, 6.45) is 3.76. The molecular formula is C20H30BrN5O. The van der Waals surface area contributed by atoms with Crippen LogP contribution in [0.15, 0.2) is 21.5 Å². The SMILES string of the molecule is CCC[C@H](c1nc2ncc(Br)cc2c(=O)n1CC)N1CCN(C)C[C@@H](C)C1. The van der Waals surface area contributed by atoms with E-state index in [0.29, 0.717) is 23.5 Å². The van der Waals surface area contributed by atoms with Gasteiger partial charge in [0.05, 0.1) is 11.4 Å². The number of hydrogen-bond acceptors (Lipinski definition) is 5. The molecule has 0 bridgehead atoms. The number of nitrogens with zero attached hydrogens (tertiary/aromatic N) is 5. The maximum atomic E-state index is 13.1. The largest absolute Gasteiger partial charge is 0.305 e. The van der Waals surface area contributed by atoms with E-state index in [0.717, 1.165) is 49.3 Å². The van der Waals surface area contributed by atoms with Crippen LogP contribution in [-0.2, 0) is 6.54 Å². The fourth-order valence-corrected chi connectivity index (χ4v) is 4.49. The van der Waals surface area contributed by atoms with Gasteiger partial charge in [-0.3, -0.25) is 14.3 Å². The Morgan fingerprint density at radius 1 is 1.30 bits per heavy atom. The van der Waals surface area contributed by atoms with E-state index in [1.54, 1.807) is 6.20 Å². The van der Waals surface area contributed by atoms with Gasteiger partial charge in [0.1, 0.15) is 5.82 Å². The van der Waals surface area contributed by atoms with Crippen molar-refractivity contribution in [2.45, 2.75) is 46.2 Å². The third kappa shape index (κ3) is 4.41. The van der Waals surface area contributed by atoms with Crippen molar-refractivity contribution in [1.29, 1.82) is 0 Å². The first-order valence-electron chi connectivity index (χ1n) is 9.93. The second-order valence-corrected chi connectivity index (χ2v) is 8.63. The van der Waals surface area contributed by atoms with Crippen molar-refractivity contribution in [1.82, 2.24) is 24.3 Å². The van der Waals surface area contributed by atoms with Crippen molar-refractivity contribution >= 4 is 27.0 Å². The first-order valence-corrected chi connectivity index (χ1v) is 10.7. The van der Waals surface area contributed by atoms with E-state index >= 15 is 0 Å². The molecule has 0 saturated carbocycles. The van der Waals surface area contributed by atoms with E-state index in [9.17, 15) is 4.79 Å². The highest BCUT2D eigenvalue weighted by Gasteiger charge is 2.28. The van der Waals surface area contributed by atoms with Gasteiger partial charge in [0, 0.05) is 43.4 Å². The first-order chi connectivity index (χ1) is 12.9. The second-order valence-electron chi connectivity index (χ2n) is 7.71. The summed E-state index contributed by atoms with van der Waals surface area (Å²) in [6, 6.07) is 1.97. The van der Waals surface area contributed by atoms with Crippen LogP contribution >= 0.6 is 15.9 Å². The lowest BCUT2D eigenvalue weighted by molar-refractivity contribution is 0.167. The third-order valence-corrected chi connectivity index (χ3v) is 5.80. The topological polar surface area (TPSA) is 54.3 Å². The van der Waals surface area contributed by atoms with Crippen molar-refractivity contribution in [2.24, 2.45) is 5.92 Å². The maximum Gasteiger partial charge on any atom is 0.263 e. The Morgan fingerprint density at radius 3 is 2.78 bits per heavy atom. The minimum Gasteiger partial charge on any atom is -0.305 e. The van der Waals surface area contributed by atoms with Crippen molar-refractivity contribution in [3.63, 3.8) is 0 Å². The van der Waals surface area contributed by atoms with Gasteiger partial charge in [0.25, 0.3) is 5.56 Å². The summed E-state index contributed by atoms with van der Waals surface area (Å²) in [5.74, 6) is 1.46. The van der Waals surface area contributed by atoms with Crippen molar-refractivity contribution in [3.05, 3.63) is 32.9 Å². The highest BCUT2D eigenvalue weighted by atomic mass is 79.9. The van der Waals surface area contributed by atoms with Crippen LogP contribution in [0.1, 0.15) is 45.5 Å². The molecule has 1 aliphatic rings. The number of aromatic nitrogens is 3. The van der Waals surface area contributed by atoms with E-state index in [1.807, 2.05) is 17.6 Å². The van der Waals surface area contributed by atoms with Gasteiger partial charge in [-0.25, -0.2) is 9.97 Å². The average Bonchev–Trinajstić information content (AvgIpc) is 2.80. The molecule has 0 spiro atoms. The molecule has 7 heteroatoms. The van der Waals surface area contributed by atoms with Crippen LogP contribution in [0.2, 0.25) is 0 Å². The predicted molar refractivity (Wildman–Crippen MR) is 113 cm³/mol. The quantitative estimate of drug-likeness (QED) is 0.720. The molecule has 3 rings (SSSR count). The van der Waals surface area contributed by atoms with E-state index in [-0.39, 0.29) is 11.6 Å². The van der Waals surface area contributed by atoms with Gasteiger partial charge in [-0.05, 0) is 48.3 Å². The number of halogens is 1. The highest BCUT2D eigenvalue weighted by Crippen LogP contribution is 2.27. The van der Waals surface area contributed by atoms with Gasteiger partial charge in [0.15, 0.2) is 5.65 Å². The van der Waals surface area contributed by atoms with Gasteiger partial charge in [-0.15, -0.1) is 0 Å². The molecule has 3 heterocycles. The van der Waals surface area contributed by atoms with Gasteiger partial charge in [-0.1, -0.05) is 20.3 Å². The highest BCUT2D eigenvalue weighted by molar-refractivity contribution is 9.10. The standard InChI is InChI=1S/C20H30BrN5O/c1-5-7-17(25-9-8-24(4)12-14(3)13-25)19-23-18-16(10-15(21)11-22-18)20(27)26(19)6-2/h10-11,14,17H,5-9,12-13H2,1-4H3/t14-,17-/m1/s1. The van der Waals surface area contributed by atoms with E-state index in [1.165, 1.54) is 0 Å². The molecule has 1 fully saturated rings. The average molecular weight is 436 g/mol. The molecule has 27 heavy (non-hydrogen) atoms. The molecule has 6 nitrogen and oxygen atoms in total. The Morgan fingerprint density at radius 2 is 2.07 bits per heavy atom. The summed E-state index contributed by atoms with van der Waals surface area (Å²) in [5.41, 5.74) is 0.552.